The third-order valence-electron chi connectivity index (χ3n) is 4.03. The molecule has 0 amide bonds. The van der Waals surface area contributed by atoms with Crippen LogP contribution in [0.25, 0.3) is 0 Å². The molecule has 1 heterocycles. The van der Waals surface area contributed by atoms with E-state index in [2.05, 4.69) is 5.10 Å². The summed E-state index contributed by atoms with van der Waals surface area (Å²) in [4.78, 5) is -0.254. The zero-order chi connectivity index (χ0) is 20.0. The van der Waals surface area contributed by atoms with Crippen molar-refractivity contribution in [1.29, 1.82) is 0 Å². The molecule has 0 aromatic heterocycles. The fraction of sp³-hybridized carbons (Fsp3) is 0.188. The Bertz CT molecular complexity index is 989. The first kappa shape index (κ1) is 19.3. The van der Waals surface area contributed by atoms with Crippen LogP contribution in [0.4, 0.5) is 23.2 Å². The van der Waals surface area contributed by atoms with Crippen molar-refractivity contribution >= 4 is 21.4 Å². The van der Waals surface area contributed by atoms with Crippen LogP contribution in [0.15, 0.2) is 58.5 Å². The fourth-order valence-electron chi connectivity index (χ4n) is 2.69. The fourth-order valence-corrected chi connectivity index (χ4v) is 3.21. The van der Waals surface area contributed by atoms with Gasteiger partial charge in [-0.15, -0.1) is 0 Å². The molecule has 11 heteroatoms. The van der Waals surface area contributed by atoms with Crippen molar-refractivity contribution in [2.24, 2.45) is 10.2 Å². The van der Waals surface area contributed by atoms with Gasteiger partial charge in [0.1, 0.15) is 11.5 Å². The quantitative estimate of drug-likeness (QED) is 0.770. The minimum Gasteiger partial charge on any atom is -0.365 e. The summed E-state index contributed by atoms with van der Waals surface area (Å²) in [6.45, 7) is 0. The summed E-state index contributed by atoms with van der Waals surface area (Å²) in [6.07, 6.45) is -5.68. The molecule has 0 saturated heterocycles. The minimum atomic E-state index is -4.79. The number of alkyl halides is 3. The zero-order valence-corrected chi connectivity index (χ0v) is 14.3. The van der Waals surface area contributed by atoms with Gasteiger partial charge in [0.15, 0.2) is 5.72 Å². The molecule has 0 radical (unpaired) electrons. The highest BCUT2D eigenvalue weighted by atomic mass is 32.2. The molecular weight excluding hydrogens is 390 g/mol. The van der Waals surface area contributed by atoms with Gasteiger partial charge in [0.05, 0.1) is 17.0 Å². The van der Waals surface area contributed by atoms with Crippen LogP contribution in [0.3, 0.4) is 0 Å². The van der Waals surface area contributed by atoms with E-state index in [1.54, 1.807) is 0 Å². The maximum Gasteiger partial charge on any atom is 0.431 e. The number of sulfonamides is 1. The Morgan fingerprint density at radius 3 is 2.11 bits per heavy atom. The standard InChI is InChI=1S/C16H13F4N3O3S/c17-11-3-1-10(2-4-11)15(24)9-14(16(18,19)20)22-23(15)12-5-7-13(8-6-12)27(21,25)26/h1-8,24H,9H2,(H2,21,25,26)/t15-/m1/s1. The number of aliphatic hydroxyl groups is 1. The molecule has 144 valence electrons. The van der Waals surface area contributed by atoms with Crippen molar-refractivity contribution in [3.63, 3.8) is 0 Å². The third-order valence-corrected chi connectivity index (χ3v) is 4.96. The number of hydrogen-bond donors (Lipinski definition) is 2. The first-order chi connectivity index (χ1) is 12.4. The highest BCUT2D eigenvalue weighted by Crippen LogP contribution is 2.42. The van der Waals surface area contributed by atoms with Crippen LogP contribution in [0.2, 0.25) is 0 Å². The van der Waals surface area contributed by atoms with Crippen molar-refractivity contribution in [2.75, 3.05) is 5.01 Å². The van der Waals surface area contributed by atoms with E-state index in [9.17, 15) is 31.1 Å². The van der Waals surface area contributed by atoms with E-state index < -0.39 is 39.9 Å². The minimum absolute atomic E-state index is 0.00604. The Hall–Kier alpha value is -2.50. The molecule has 2 aromatic carbocycles. The van der Waals surface area contributed by atoms with E-state index in [-0.39, 0.29) is 16.1 Å². The second-order valence-corrected chi connectivity index (χ2v) is 7.46. The van der Waals surface area contributed by atoms with Gasteiger partial charge in [0, 0.05) is 5.56 Å². The highest BCUT2D eigenvalue weighted by molar-refractivity contribution is 7.89. The number of rotatable bonds is 3. The average Bonchev–Trinajstić information content (AvgIpc) is 2.94. The van der Waals surface area contributed by atoms with Gasteiger partial charge in [-0.3, -0.25) is 0 Å². The molecular formula is C16H13F4N3O3S. The number of nitrogens with zero attached hydrogens (tertiary/aromatic N) is 2. The van der Waals surface area contributed by atoms with Gasteiger partial charge >= 0.3 is 6.18 Å². The van der Waals surface area contributed by atoms with Gasteiger partial charge in [-0.2, -0.15) is 18.3 Å². The van der Waals surface area contributed by atoms with Gasteiger partial charge in [0.25, 0.3) is 0 Å². The van der Waals surface area contributed by atoms with Crippen molar-refractivity contribution in [3.05, 3.63) is 59.9 Å². The molecule has 0 unspecified atom stereocenters. The predicted octanol–water partition coefficient (Wildman–Crippen LogP) is 2.45. The third kappa shape index (κ3) is 3.66. The van der Waals surface area contributed by atoms with E-state index in [1.165, 1.54) is 0 Å². The second-order valence-electron chi connectivity index (χ2n) is 5.90. The number of hydrogen-bond acceptors (Lipinski definition) is 5. The lowest BCUT2D eigenvalue weighted by molar-refractivity contribution is -0.0626. The Morgan fingerprint density at radius 1 is 1.07 bits per heavy atom. The number of nitrogens with two attached hydrogens (primary N) is 1. The van der Waals surface area contributed by atoms with E-state index >= 15 is 0 Å². The second kappa shape index (κ2) is 6.29. The smallest absolute Gasteiger partial charge is 0.365 e. The van der Waals surface area contributed by atoms with Gasteiger partial charge in [-0.25, -0.2) is 23.0 Å². The molecule has 3 rings (SSSR count). The van der Waals surface area contributed by atoms with Crippen LogP contribution >= 0.6 is 0 Å². The Kier molecular flexibility index (Phi) is 4.49. The average molecular weight is 403 g/mol. The van der Waals surface area contributed by atoms with Crippen molar-refractivity contribution in [1.82, 2.24) is 0 Å². The molecule has 0 aliphatic carbocycles. The van der Waals surface area contributed by atoms with E-state index in [1.807, 2.05) is 0 Å². The molecule has 2 aromatic rings. The Morgan fingerprint density at radius 2 is 1.63 bits per heavy atom. The summed E-state index contributed by atoms with van der Waals surface area (Å²) in [5.41, 5.74) is -3.48. The first-order valence-corrected chi connectivity index (χ1v) is 9.02. The number of benzene rings is 2. The topological polar surface area (TPSA) is 96.0 Å². The molecule has 1 aliphatic heterocycles. The highest BCUT2D eigenvalue weighted by Gasteiger charge is 2.51. The van der Waals surface area contributed by atoms with Crippen LogP contribution < -0.4 is 10.1 Å². The summed E-state index contributed by atoms with van der Waals surface area (Å²) in [6, 6.07) is 8.79. The number of anilines is 1. The molecule has 0 fully saturated rings. The molecule has 1 atom stereocenters. The van der Waals surface area contributed by atoms with Gasteiger partial charge < -0.3 is 5.11 Å². The van der Waals surface area contributed by atoms with Gasteiger partial charge in [0.2, 0.25) is 10.0 Å². The summed E-state index contributed by atoms with van der Waals surface area (Å²) in [5, 5.41) is 20.2. The van der Waals surface area contributed by atoms with Gasteiger partial charge in [-0.1, -0.05) is 12.1 Å². The number of halogens is 4. The Balaban J connectivity index is 2.09. The van der Waals surface area contributed by atoms with Crippen LogP contribution in [0.1, 0.15) is 12.0 Å². The normalized spacial score (nSPS) is 20.7. The van der Waals surface area contributed by atoms with E-state index in [4.69, 9.17) is 5.14 Å². The SMILES string of the molecule is NS(=O)(=O)c1ccc(N2N=C(C(F)(F)F)C[C@@]2(O)c2ccc(F)cc2)cc1. The lowest BCUT2D eigenvalue weighted by Crippen LogP contribution is -2.40. The molecule has 0 bridgehead atoms. The van der Waals surface area contributed by atoms with Crippen LogP contribution in [-0.2, 0) is 15.7 Å². The van der Waals surface area contributed by atoms with Crippen molar-refractivity contribution in [3.8, 4) is 0 Å². The Labute approximate surface area is 151 Å². The molecule has 3 N–H and O–H groups in total. The van der Waals surface area contributed by atoms with Crippen molar-refractivity contribution < 1.29 is 31.1 Å². The molecule has 0 saturated carbocycles. The summed E-state index contributed by atoms with van der Waals surface area (Å²) < 4.78 is 75.3. The molecule has 27 heavy (non-hydrogen) atoms. The zero-order valence-electron chi connectivity index (χ0n) is 13.5. The lowest BCUT2D eigenvalue weighted by Gasteiger charge is -2.33. The number of primary sulfonamides is 1. The van der Waals surface area contributed by atoms with Crippen LogP contribution in [-0.4, -0.2) is 25.4 Å². The van der Waals surface area contributed by atoms with Crippen LogP contribution in [0, 0.1) is 5.82 Å². The molecule has 1 aliphatic rings. The maximum absolute atomic E-state index is 13.2. The number of hydrazone groups is 1. The maximum atomic E-state index is 13.2. The van der Waals surface area contributed by atoms with E-state index in [0.29, 0.717) is 0 Å². The predicted molar refractivity (Wildman–Crippen MR) is 88.7 cm³/mol. The summed E-state index contributed by atoms with van der Waals surface area (Å²) >= 11 is 0. The lowest BCUT2D eigenvalue weighted by atomic mass is 9.96. The summed E-state index contributed by atoms with van der Waals surface area (Å²) in [5.74, 6) is -0.624. The van der Waals surface area contributed by atoms with Crippen molar-refractivity contribution in [2.45, 2.75) is 23.2 Å². The van der Waals surface area contributed by atoms with Crippen LogP contribution in [0.5, 0.6) is 0 Å². The monoisotopic (exact) mass is 403 g/mol. The molecule has 6 nitrogen and oxygen atoms in total. The van der Waals surface area contributed by atoms with Gasteiger partial charge in [-0.05, 0) is 36.4 Å². The summed E-state index contributed by atoms with van der Waals surface area (Å²) in [7, 11) is -4.00. The largest absolute Gasteiger partial charge is 0.431 e. The first-order valence-electron chi connectivity index (χ1n) is 7.47. The van der Waals surface area contributed by atoms with E-state index in [0.717, 1.165) is 53.5 Å². The molecule has 0 spiro atoms.